The summed E-state index contributed by atoms with van der Waals surface area (Å²) >= 11 is 17.9. The largest absolute Gasteiger partial charge is 0.493 e. The number of carbonyl (C=O) groups is 1. The third kappa shape index (κ3) is 4.09. The molecule has 1 amide bonds. The van der Waals surface area contributed by atoms with Gasteiger partial charge >= 0.3 is 3.98 Å². The molecule has 9 heteroatoms. The molecule has 0 aromatic heterocycles. The molecular formula is C11H9Cl3N2O3S. The third-order valence-electron chi connectivity index (χ3n) is 2.34. The normalized spacial score (nSPS) is 15.4. The summed E-state index contributed by atoms with van der Waals surface area (Å²) in [6, 6.07) is 5.05. The van der Waals surface area contributed by atoms with Crippen LogP contribution in [0, 0.1) is 0 Å². The number of hydrazone groups is 1. The molecule has 108 valence electrons. The summed E-state index contributed by atoms with van der Waals surface area (Å²) in [5, 5.41) is 3.80. The first kappa shape index (κ1) is 15.6. The summed E-state index contributed by atoms with van der Waals surface area (Å²) in [5.41, 5.74) is 3.90. The van der Waals surface area contributed by atoms with Gasteiger partial charge in [-0.2, -0.15) is 5.10 Å². The number of thioether (sulfide) groups is 1. The summed E-state index contributed by atoms with van der Waals surface area (Å²) in [7, 11) is 1.48. The topological polar surface area (TPSA) is 59.9 Å². The van der Waals surface area contributed by atoms with E-state index in [1.807, 2.05) is 0 Å². The molecule has 0 bridgehead atoms. The standard InChI is InChI=1S/C11H9Cl3N2O3S/c1-18-9-4-6(7-5-20-10(17)16-15-7)2-3-8(9)19-11(12,13)14/h2-4H,5H2,1H3,(H,16,17). The van der Waals surface area contributed by atoms with E-state index >= 15 is 0 Å². The van der Waals surface area contributed by atoms with Crippen LogP contribution < -0.4 is 14.9 Å². The van der Waals surface area contributed by atoms with Crippen LogP contribution in [0.25, 0.3) is 0 Å². The van der Waals surface area contributed by atoms with Gasteiger partial charge in [0.05, 0.1) is 12.8 Å². The Morgan fingerprint density at radius 1 is 1.35 bits per heavy atom. The second kappa shape index (κ2) is 6.30. The lowest BCUT2D eigenvalue weighted by Crippen LogP contribution is -2.23. The Morgan fingerprint density at radius 3 is 2.65 bits per heavy atom. The maximum atomic E-state index is 11.0. The van der Waals surface area contributed by atoms with Crippen molar-refractivity contribution < 1.29 is 14.3 Å². The number of hydrogen-bond acceptors (Lipinski definition) is 5. The zero-order chi connectivity index (χ0) is 14.8. The van der Waals surface area contributed by atoms with E-state index in [1.165, 1.54) is 7.11 Å². The van der Waals surface area contributed by atoms with Crippen molar-refractivity contribution in [3.8, 4) is 11.5 Å². The Kier molecular flexibility index (Phi) is 4.90. The van der Waals surface area contributed by atoms with E-state index in [-0.39, 0.29) is 5.24 Å². The van der Waals surface area contributed by atoms with Crippen molar-refractivity contribution in [2.24, 2.45) is 5.10 Å². The fraction of sp³-hybridized carbons (Fsp3) is 0.273. The zero-order valence-electron chi connectivity index (χ0n) is 10.2. The van der Waals surface area contributed by atoms with Crippen molar-refractivity contribution in [3.63, 3.8) is 0 Å². The van der Waals surface area contributed by atoms with Gasteiger partial charge in [0.25, 0.3) is 5.24 Å². The minimum absolute atomic E-state index is 0.183. The van der Waals surface area contributed by atoms with E-state index in [1.54, 1.807) is 18.2 Å². The Bertz CT molecular complexity index is 560. The van der Waals surface area contributed by atoms with Crippen LogP contribution in [0.3, 0.4) is 0 Å². The number of hydrogen-bond donors (Lipinski definition) is 1. The maximum Gasteiger partial charge on any atom is 0.338 e. The van der Waals surface area contributed by atoms with E-state index < -0.39 is 3.98 Å². The summed E-state index contributed by atoms with van der Waals surface area (Å²) in [5.74, 6) is 1.17. The average molecular weight is 356 g/mol. The Hall–Kier alpha value is -0.820. The van der Waals surface area contributed by atoms with Gasteiger partial charge in [0.15, 0.2) is 11.5 Å². The molecule has 1 N–H and O–H groups in total. The molecule has 1 aliphatic heterocycles. The Morgan fingerprint density at radius 2 is 2.10 bits per heavy atom. The highest BCUT2D eigenvalue weighted by molar-refractivity contribution is 8.14. The second-order valence-electron chi connectivity index (χ2n) is 3.66. The fourth-order valence-corrected chi connectivity index (χ4v) is 2.37. The molecular weight excluding hydrogens is 347 g/mol. The van der Waals surface area contributed by atoms with E-state index in [9.17, 15) is 4.79 Å². The number of nitrogens with one attached hydrogen (secondary N) is 1. The summed E-state index contributed by atoms with van der Waals surface area (Å²) < 4.78 is 8.46. The average Bonchev–Trinajstić information content (AvgIpc) is 2.38. The van der Waals surface area contributed by atoms with Crippen molar-refractivity contribution in [3.05, 3.63) is 23.8 Å². The summed E-state index contributed by atoms with van der Waals surface area (Å²) in [4.78, 5) is 11.0. The number of nitrogens with zero attached hydrogens (tertiary/aromatic N) is 1. The number of alkyl halides is 3. The lowest BCUT2D eigenvalue weighted by atomic mass is 10.1. The van der Waals surface area contributed by atoms with Gasteiger partial charge in [-0.1, -0.05) is 11.8 Å². The van der Waals surface area contributed by atoms with Crippen LogP contribution in [0.1, 0.15) is 5.56 Å². The van der Waals surface area contributed by atoms with Crippen LogP contribution in [0.4, 0.5) is 4.79 Å². The lowest BCUT2D eigenvalue weighted by Gasteiger charge is -2.18. The van der Waals surface area contributed by atoms with Gasteiger partial charge in [0.2, 0.25) is 0 Å². The van der Waals surface area contributed by atoms with Crippen molar-refractivity contribution in [2.45, 2.75) is 3.98 Å². The first-order chi connectivity index (χ1) is 9.39. The molecule has 0 saturated carbocycles. The van der Waals surface area contributed by atoms with Crippen molar-refractivity contribution in [1.29, 1.82) is 0 Å². The van der Waals surface area contributed by atoms with Crippen LogP contribution in [-0.4, -0.2) is 27.8 Å². The molecule has 5 nitrogen and oxygen atoms in total. The van der Waals surface area contributed by atoms with Gasteiger partial charge in [-0.3, -0.25) is 4.79 Å². The monoisotopic (exact) mass is 354 g/mol. The maximum absolute atomic E-state index is 11.0. The first-order valence-electron chi connectivity index (χ1n) is 5.32. The molecule has 0 aliphatic carbocycles. The molecule has 0 saturated heterocycles. The second-order valence-corrected chi connectivity index (χ2v) is 6.79. The molecule has 0 atom stereocenters. The zero-order valence-corrected chi connectivity index (χ0v) is 13.2. The highest BCUT2D eigenvalue weighted by atomic mass is 35.6. The smallest absolute Gasteiger partial charge is 0.338 e. The predicted octanol–water partition coefficient (Wildman–Crippen LogP) is 3.56. The SMILES string of the molecule is COc1cc(C2=NNC(=O)SC2)ccc1OC(Cl)(Cl)Cl. The van der Waals surface area contributed by atoms with E-state index in [0.717, 1.165) is 17.3 Å². The molecule has 0 unspecified atom stereocenters. The molecule has 0 fully saturated rings. The van der Waals surface area contributed by atoms with Crippen LogP contribution in [0.15, 0.2) is 23.3 Å². The van der Waals surface area contributed by atoms with Crippen LogP contribution in [0.5, 0.6) is 11.5 Å². The van der Waals surface area contributed by atoms with Gasteiger partial charge in [-0.15, -0.1) is 0 Å². The third-order valence-corrected chi connectivity index (χ3v) is 3.35. The number of amides is 1. The first-order valence-corrected chi connectivity index (χ1v) is 7.44. The van der Waals surface area contributed by atoms with E-state index in [4.69, 9.17) is 44.3 Å². The molecule has 1 heterocycles. The molecule has 1 aliphatic rings. The molecule has 20 heavy (non-hydrogen) atoms. The fourth-order valence-electron chi connectivity index (χ4n) is 1.52. The van der Waals surface area contributed by atoms with Gasteiger partial charge < -0.3 is 9.47 Å². The minimum Gasteiger partial charge on any atom is -0.493 e. The number of benzene rings is 1. The van der Waals surface area contributed by atoms with E-state index in [0.29, 0.717) is 23.0 Å². The van der Waals surface area contributed by atoms with Crippen molar-refractivity contribution in [2.75, 3.05) is 12.9 Å². The molecule has 0 spiro atoms. The van der Waals surface area contributed by atoms with Crippen LogP contribution >= 0.6 is 46.6 Å². The van der Waals surface area contributed by atoms with Gasteiger partial charge in [0, 0.05) is 11.3 Å². The summed E-state index contributed by atoms with van der Waals surface area (Å²) in [6.07, 6.45) is 0. The van der Waals surface area contributed by atoms with Crippen LogP contribution in [-0.2, 0) is 0 Å². The molecule has 0 radical (unpaired) electrons. The quantitative estimate of drug-likeness (QED) is 0.842. The predicted molar refractivity (Wildman–Crippen MR) is 81.4 cm³/mol. The highest BCUT2D eigenvalue weighted by Crippen LogP contribution is 2.36. The summed E-state index contributed by atoms with van der Waals surface area (Å²) in [6.45, 7) is 0. The van der Waals surface area contributed by atoms with Crippen molar-refractivity contribution in [1.82, 2.24) is 5.43 Å². The minimum atomic E-state index is -1.87. The number of carbonyl (C=O) groups excluding carboxylic acids is 1. The van der Waals surface area contributed by atoms with Crippen molar-refractivity contribution >= 4 is 57.5 Å². The lowest BCUT2D eigenvalue weighted by molar-refractivity contribution is 0.261. The van der Waals surface area contributed by atoms with Gasteiger partial charge in [-0.25, -0.2) is 5.43 Å². The number of methoxy groups -OCH3 is 1. The number of ether oxygens (including phenoxy) is 2. The van der Waals surface area contributed by atoms with Gasteiger partial charge in [-0.05, 0) is 53.0 Å². The molecule has 1 aromatic carbocycles. The number of rotatable bonds is 3. The Balaban J connectivity index is 2.27. The van der Waals surface area contributed by atoms with Crippen LogP contribution in [0.2, 0.25) is 0 Å². The highest BCUT2D eigenvalue weighted by Gasteiger charge is 2.24. The molecule has 1 aromatic rings. The Labute approximate surface area is 134 Å². The van der Waals surface area contributed by atoms with Gasteiger partial charge in [0.1, 0.15) is 0 Å². The molecule has 2 rings (SSSR count). The van der Waals surface area contributed by atoms with E-state index in [2.05, 4.69) is 10.5 Å². The number of halogens is 3.